The van der Waals surface area contributed by atoms with Crippen LogP contribution in [0.4, 0.5) is 0 Å². The number of hydrogen-bond acceptors (Lipinski definition) is 5. The Hall–Kier alpha value is -2.69. The number of aromatic amines is 1. The van der Waals surface area contributed by atoms with Crippen molar-refractivity contribution in [3.63, 3.8) is 0 Å². The number of rotatable bonds is 2. The molecule has 4 rings (SSSR count). The van der Waals surface area contributed by atoms with Crippen molar-refractivity contribution in [3.05, 3.63) is 39.9 Å². The highest BCUT2D eigenvalue weighted by Crippen LogP contribution is 2.27. The Labute approximate surface area is 138 Å². The van der Waals surface area contributed by atoms with Crippen LogP contribution in [-0.4, -0.2) is 45.7 Å². The number of aryl methyl sites for hydroxylation is 1. The molecule has 0 amide bonds. The van der Waals surface area contributed by atoms with Gasteiger partial charge in [-0.1, -0.05) is 6.07 Å². The van der Waals surface area contributed by atoms with Crippen molar-refractivity contribution in [3.8, 4) is 6.07 Å². The highest BCUT2D eigenvalue weighted by Gasteiger charge is 2.18. The smallest absolute Gasteiger partial charge is 0.275 e. The molecule has 24 heavy (non-hydrogen) atoms. The van der Waals surface area contributed by atoms with Gasteiger partial charge in [-0.2, -0.15) is 5.26 Å². The molecule has 2 aromatic heterocycles. The third-order valence-corrected chi connectivity index (χ3v) is 4.52. The molecule has 3 heterocycles. The third-order valence-electron chi connectivity index (χ3n) is 4.52. The number of ether oxygens (including phenoxy) is 1. The number of nitrogens with zero attached hydrogens (tertiary/aromatic N) is 4. The van der Waals surface area contributed by atoms with Crippen molar-refractivity contribution in [2.24, 2.45) is 7.05 Å². The molecule has 1 aliphatic heterocycles. The lowest BCUT2D eigenvalue weighted by atomic mass is 10.1. The van der Waals surface area contributed by atoms with E-state index in [-0.39, 0.29) is 5.56 Å². The molecule has 1 saturated heterocycles. The number of H-pyrrole nitrogens is 1. The molecular formula is C17H17N5O2. The molecule has 1 fully saturated rings. The molecule has 1 aliphatic rings. The van der Waals surface area contributed by atoms with Gasteiger partial charge in [-0.05, 0) is 12.1 Å². The van der Waals surface area contributed by atoms with Gasteiger partial charge in [0.1, 0.15) is 16.9 Å². The summed E-state index contributed by atoms with van der Waals surface area (Å²) in [6.45, 7) is 3.60. The minimum absolute atomic E-state index is 0.175. The molecule has 0 unspecified atom stereocenters. The first-order chi connectivity index (χ1) is 11.7. The largest absolute Gasteiger partial charge is 0.379 e. The molecule has 3 aromatic rings. The average molecular weight is 323 g/mol. The van der Waals surface area contributed by atoms with Crippen LogP contribution < -0.4 is 5.56 Å². The van der Waals surface area contributed by atoms with E-state index < -0.39 is 0 Å². The van der Waals surface area contributed by atoms with Gasteiger partial charge in [-0.3, -0.25) is 9.69 Å². The van der Waals surface area contributed by atoms with Gasteiger partial charge in [-0.25, -0.2) is 4.98 Å². The van der Waals surface area contributed by atoms with E-state index in [4.69, 9.17) is 4.74 Å². The van der Waals surface area contributed by atoms with Gasteiger partial charge < -0.3 is 14.3 Å². The first kappa shape index (κ1) is 14.9. The number of fused-ring (bicyclic) bond motifs is 3. The zero-order valence-electron chi connectivity index (χ0n) is 13.4. The van der Waals surface area contributed by atoms with E-state index in [0.717, 1.165) is 24.0 Å². The normalized spacial score (nSPS) is 15.8. The van der Waals surface area contributed by atoms with Gasteiger partial charge in [0, 0.05) is 25.5 Å². The van der Waals surface area contributed by atoms with Gasteiger partial charge in [0.05, 0.1) is 36.9 Å². The maximum Gasteiger partial charge on any atom is 0.275 e. The second-order valence-electron chi connectivity index (χ2n) is 5.97. The summed E-state index contributed by atoms with van der Waals surface area (Å²) in [6.07, 6.45) is 0. The molecule has 122 valence electrons. The van der Waals surface area contributed by atoms with Crippen LogP contribution in [0, 0.1) is 11.3 Å². The van der Waals surface area contributed by atoms with Gasteiger partial charge >= 0.3 is 0 Å². The summed E-state index contributed by atoms with van der Waals surface area (Å²) >= 11 is 0. The molecule has 1 aromatic carbocycles. The zero-order chi connectivity index (χ0) is 16.7. The lowest BCUT2D eigenvalue weighted by molar-refractivity contribution is 0.0331. The Morgan fingerprint density at radius 1 is 1.38 bits per heavy atom. The van der Waals surface area contributed by atoms with Gasteiger partial charge in [0.15, 0.2) is 0 Å². The minimum Gasteiger partial charge on any atom is -0.379 e. The van der Waals surface area contributed by atoms with Crippen LogP contribution in [0.3, 0.4) is 0 Å². The molecule has 0 aliphatic carbocycles. The Balaban J connectivity index is 1.92. The molecule has 0 saturated carbocycles. The lowest BCUT2D eigenvalue weighted by Gasteiger charge is -2.25. The molecule has 0 radical (unpaired) electrons. The van der Waals surface area contributed by atoms with E-state index >= 15 is 0 Å². The first-order valence-electron chi connectivity index (χ1n) is 7.89. The van der Waals surface area contributed by atoms with Crippen molar-refractivity contribution < 1.29 is 4.74 Å². The summed E-state index contributed by atoms with van der Waals surface area (Å²) in [4.78, 5) is 22.3. The van der Waals surface area contributed by atoms with Crippen molar-refractivity contribution in [2.45, 2.75) is 6.54 Å². The van der Waals surface area contributed by atoms with E-state index in [2.05, 4.69) is 20.9 Å². The van der Waals surface area contributed by atoms with Gasteiger partial charge in [0.2, 0.25) is 0 Å². The monoisotopic (exact) mass is 323 g/mol. The zero-order valence-corrected chi connectivity index (χ0v) is 13.4. The maximum atomic E-state index is 12.6. The first-order valence-corrected chi connectivity index (χ1v) is 7.89. The van der Waals surface area contributed by atoms with E-state index in [1.165, 1.54) is 0 Å². The summed E-state index contributed by atoms with van der Waals surface area (Å²) < 4.78 is 7.15. The average Bonchev–Trinajstić information content (AvgIpc) is 2.89. The summed E-state index contributed by atoms with van der Waals surface area (Å²) in [5.41, 5.74) is 2.29. The Morgan fingerprint density at radius 2 is 2.17 bits per heavy atom. The number of hydrogen-bond donors (Lipinski definition) is 1. The molecule has 1 N–H and O–H groups in total. The summed E-state index contributed by atoms with van der Waals surface area (Å²) in [5, 5.41) is 10.2. The lowest BCUT2D eigenvalue weighted by Crippen LogP contribution is -2.36. The fourth-order valence-electron chi connectivity index (χ4n) is 3.33. The van der Waals surface area contributed by atoms with Crippen molar-refractivity contribution >= 4 is 21.9 Å². The van der Waals surface area contributed by atoms with E-state index in [1.807, 2.05) is 19.2 Å². The van der Waals surface area contributed by atoms with Crippen LogP contribution in [0.2, 0.25) is 0 Å². The predicted molar refractivity (Wildman–Crippen MR) is 89.7 cm³/mol. The standard InChI is InChI=1S/C17H17N5O2/c1-21-12-4-2-3-11(9-18)14(12)15-16(21)17(23)20-13(19-15)10-22-5-7-24-8-6-22/h2-4H,5-8,10H2,1H3,(H,19,20,23). The second-order valence-corrected chi connectivity index (χ2v) is 5.97. The highest BCUT2D eigenvalue weighted by atomic mass is 16.5. The number of nitriles is 1. The maximum absolute atomic E-state index is 12.6. The van der Waals surface area contributed by atoms with Crippen LogP contribution >= 0.6 is 0 Å². The molecule has 0 spiro atoms. The predicted octanol–water partition coefficient (Wildman–Crippen LogP) is 1.12. The number of morpholine rings is 1. The molecular weight excluding hydrogens is 306 g/mol. The van der Waals surface area contributed by atoms with Crippen molar-refractivity contribution in [1.29, 1.82) is 5.26 Å². The van der Waals surface area contributed by atoms with Gasteiger partial charge in [0.25, 0.3) is 5.56 Å². The SMILES string of the molecule is Cn1c2cccc(C#N)c2c2nc(CN3CCOCC3)[nH]c(=O)c21. The quantitative estimate of drug-likeness (QED) is 0.763. The number of nitrogens with one attached hydrogen (secondary N) is 1. The van der Waals surface area contributed by atoms with E-state index in [9.17, 15) is 10.1 Å². The number of benzene rings is 1. The van der Waals surface area contributed by atoms with Crippen LogP contribution in [-0.2, 0) is 18.3 Å². The Bertz CT molecular complexity index is 1020. The Kier molecular flexibility index (Phi) is 3.56. The van der Waals surface area contributed by atoms with Crippen LogP contribution in [0.15, 0.2) is 23.0 Å². The summed E-state index contributed by atoms with van der Waals surface area (Å²) in [7, 11) is 1.82. The second kappa shape index (κ2) is 5.74. The van der Waals surface area contributed by atoms with Crippen molar-refractivity contribution in [1.82, 2.24) is 19.4 Å². The summed E-state index contributed by atoms with van der Waals surface area (Å²) in [6, 6.07) is 7.68. The molecule has 0 bridgehead atoms. The molecule has 7 nitrogen and oxygen atoms in total. The number of aromatic nitrogens is 3. The van der Waals surface area contributed by atoms with Crippen LogP contribution in [0.5, 0.6) is 0 Å². The van der Waals surface area contributed by atoms with Gasteiger partial charge in [-0.15, -0.1) is 0 Å². The fraction of sp³-hybridized carbons (Fsp3) is 0.353. The topological polar surface area (TPSA) is 86.9 Å². The Morgan fingerprint density at radius 3 is 2.92 bits per heavy atom. The molecule has 0 atom stereocenters. The van der Waals surface area contributed by atoms with E-state index in [1.54, 1.807) is 10.6 Å². The van der Waals surface area contributed by atoms with Crippen LogP contribution in [0.25, 0.3) is 21.9 Å². The summed E-state index contributed by atoms with van der Waals surface area (Å²) in [5.74, 6) is 0.620. The van der Waals surface area contributed by atoms with Crippen molar-refractivity contribution in [2.75, 3.05) is 26.3 Å². The fourth-order valence-corrected chi connectivity index (χ4v) is 3.33. The molecule has 7 heteroatoms. The highest BCUT2D eigenvalue weighted by molar-refractivity contribution is 6.08. The minimum atomic E-state index is -0.175. The third kappa shape index (κ3) is 2.28. The van der Waals surface area contributed by atoms with E-state index in [0.29, 0.717) is 42.2 Å². The van der Waals surface area contributed by atoms with Crippen LogP contribution in [0.1, 0.15) is 11.4 Å².